The van der Waals surface area contributed by atoms with Crippen molar-refractivity contribution in [1.82, 2.24) is 5.32 Å². The molecule has 12 unspecified atom stereocenters. The Morgan fingerprint density at radius 2 is 0.713 bits per heavy atom. The van der Waals surface area contributed by atoms with Crippen molar-refractivity contribution in [2.75, 3.05) is 19.8 Å². The van der Waals surface area contributed by atoms with E-state index in [1.165, 1.54) is 244 Å². The Morgan fingerprint density at radius 3 is 1.06 bits per heavy atom. The summed E-state index contributed by atoms with van der Waals surface area (Å²) in [6, 6.07) is -0.824. The van der Waals surface area contributed by atoms with Crippen LogP contribution in [0.5, 0.6) is 0 Å². The van der Waals surface area contributed by atoms with Gasteiger partial charge >= 0.3 is 0 Å². The van der Waals surface area contributed by atoms with Gasteiger partial charge < -0.3 is 65.1 Å². The number of nitrogens with one attached hydrogen (secondary N) is 1. The largest absolute Gasteiger partial charge is 0.394 e. The summed E-state index contributed by atoms with van der Waals surface area (Å²) >= 11 is 0. The lowest BCUT2D eigenvalue weighted by Gasteiger charge is -2.46. The summed E-state index contributed by atoms with van der Waals surface area (Å²) in [7, 11) is 0. The quantitative estimate of drug-likeness (QED) is 0.0259. The van der Waals surface area contributed by atoms with Crippen molar-refractivity contribution in [2.45, 2.75) is 396 Å². The van der Waals surface area contributed by atoms with Crippen molar-refractivity contribution >= 4 is 5.91 Å². The van der Waals surface area contributed by atoms with Gasteiger partial charge in [-0.3, -0.25) is 4.79 Å². The zero-order chi connectivity index (χ0) is 58.1. The molecule has 2 heterocycles. The molecule has 0 aromatic heterocycles. The van der Waals surface area contributed by atoms with E-state index in [-0.39, 0.29) is 12.5 Å². The van der Waals surface area contributed by atoms with Crippen LogP contribution in [-0.2, 0) is 23.7 Å². The normalized spacial score (nSPS) is 24.1. The number of carbonyl (C=O) groups is 1. The summed E-state index contributed by atoms with van der Waals surface area (Å²) in [4.78, 5) is 13.3. The Balaban J connectivity index is 1.66. The smallest absolute Gasteiger partial charge is 0.220 e. The van der Waals surface area contributed by atoms with E-state index in [0.29, 0.717) is 12.8 Å². The summed E-state index contributed by atoms with van der Waals surface area (Å²) in [6.45, 7) is 2.92. The molecule has 0 aromatic carbocycles. The summed E-state index contributed by atoms with van der Waals surface area (Å²) < 4.78 is 22.9. The van der Waals surface area contributed by atoms with Gasteiger partial charge in [0.2, 0.25) is 5.91 Å². The third-order valence-corrected chi connectivity index (χ3v) is 17.3. The average molecular weight is 1140 g/mol. The van der Waals surface area contributed by atoms with Crippen LogP contribution >= 0.6 is 0 Å². The lowest BCUT2D eigenvalue weighted by atomic mass is 9.97. The second-order valence-electron chi connectivity index (χ2n) is 24.7. The minimum absolute atomic E-state index is 0.197. The third kappa shape index (κ3) is 36.7. The van der Waals surface area contributed by atoms with E-state index in [4.69, 9.17) is 18.9 Å². The van der Waals surface area contributed by atoms with E-state index in [9.17, 15) is 45.6 Å². The molecule has 2 aliphatic rings. The van der Waals surface area contributed by atoms with E-state index in [2.05, 4.69) is 19.2 Å². The molecule has 476 valence electrons. The maximum absolute atomic E-state index is 13.3. The number of hydrogen-bond donors (Lipinski definition) is 9. The zero-order valence-electron chi connectivity index (χ0n) is 51.6. The number of unbranched alkanes of at least 4 members (excludes halogenated alkanes) is 44. The van der Waals surface area contributed by atoms with Gasteiger partial charge in [-0.1, -0.05) is 303 Å². The second kappa shape index (κ2) is 52.3. The molecule has 0 spiro atoms. The van der Waals surface area contributed by atoms with Crippen LogP contribution in [0.4, 0.5) is 0 Å². The van der Waals surface area contributed by atoms with E-state index >= 15 is 0 Å². The van der Waals surface area contributed by atoms with Crippen LogP contribution in [-0.4, -0.2) is 140 Å². The SMILES string of the molecule is CCCCCCCCCCCCCCCCCCCCCCCCCCCCCC(=O)NC(COC1OC(CO)C(OC2OC(CO)C(O)C(O)C2O)C(O)C1O)C(O)CCCCCCCCCCCCCCCCCCCCC. The van der Waals surface area contributed by atoms with Gasteiger partial charge in [-0.25, -0.2) is 0 Å². The molecular weight excluding hydrogens is 1010 g/mol. The first-order valence-electron chi connectivity index (χ1n) is 34.3. The summed E-state index contributed by atoms with van der Waals surface area (Å²) in [5, 5.41) is 87.5. The highest BCUT2D eigenvalue weighted by Gasteiger charge is 2.51. The molecule has 2 saturated heterocycles. The fourth-order valence-electron chi connectivity index (χ4n) is 11.8. The molecule has 80 heavy (non-hydrogen) atoms. The first kappa shape index (κ1) is 75.1. The molecular formula is C66H129NO13. The molecule has 14 heteroatoms. The highest BCUT2D eigenvalue weighted by molar-refractivity contribution is 5.76. The molecule has 2 fully saturated rings. The lowest BCUT2D eigenvalue weighted by Crippen LogP contribution is -2.65. The highest BCUT2D eigenvalue weighted by atomic mass is 16.7. The second-order valence-corrected chi connectivity index (χ2v) is 24.7. The fourth-order valence-corrected chi connectivity index (χ4v) is 11.8. The van der Waals surface area contributed by atoms with Crippen LogP contribution < -0.4 is 5.32 Å². The zero-order valence-corrected chi connectivity index (χ0v) is 51.6. The number of amides is 1. The van der Waals surface area contributed by atoms with E-state index in [1.807, 2.05) is 0 Å². The molecule has 0 aromatic rings. The molecule has 0 saturated carbocycles. The van der Waals surface area contributed by atoms with Crippen molar-refractivity contribution in [3.8, 4) is 0 Å². The number of carbonyl (C=O) groups excluding carboxylic acids is 1. The summed E-state index contributed by atoms with van der Waals surface area (Å²) in [5.41, 5.74) is 0. The first-order valence-corrected chi connectivity index (χ1v) is 34.3. The first-order chi connectivity index (χ1) is 39.1. The van der Waals surface area contributed by atoms with Crippen LogP contribution in [0, 0.1) is 0 Å². The van der Waals surface area contributed by atoms with Gasteiger partial charge in [0.15, 0.2) is 12.6 Å². The number of hydrogen-bond acceptors (Lipinski definition) is 13. The molecule has 12 atom stereocenters. The topological polar surface area (TPSA) is 228 Å². The maximum atomic E-state index is 13.3. The highest BCUT2D eigenvalue weighted by Crippen LogP contribution is 2.30. The predicted octanol–water partition coefficient (Wildman–Crippen LogP) is 13.2. The minimum atomic E-state index is -1.78. The molecule has 0 aliphatic carbocycles. The van der Waals surface area contributed by atoms with Gasteiger partial charge in [-0.2, -0.15) is 0 Å². The Morgan fingerprint density at radius 1 is 0.400 bits per heavy atom. The van der Waals surface area contributed by atoms with Gasteiger partial charge in [0.25, 0.3) is 0 Å². The summed E-state index contributed by atoms with van der Waals surface area (Å²) in [5.74, 6) is -0.197. The molecule has 1 amide bonds. The van der Waals surface area contributed by atoms with Crippen LogP contribution in [0.15, 0.2) is 0 Å². The van der Waals surface area contributed by atoms with Gasteiger partial charge in [-0.15, -0.1) is 0 Å². The molecule has 2 rings (SSSR count). The van der Waals surface area contributed by atoms with Gasteiger partial charge in [0.1, 0.15) is 48.8 Å². The Kier molecular flexibility index (Phi) is 49.1. The van der Waals surface area contributed by atoms with Gasteiger partial charge in [0.05, 0.1) is 32.0 Å². The van der Waals surface area contributed by atoms with Crippen molar-refractivity contribution in [2.24, 2.45) is 0 Å². The number of aliphatic hydroxyl groups excluding tert-OH is 8. The maximum Gasteiger partial charge on any atom is 0.220 e. The van der Waals surface area contributed by atoms with Crippen LogP contribution in [0.2, 0.25) is 0 Å². The molecule has 2 aliphatic heterocycles. The Hall–Kier alpha value is -1.01. The van der Waals surface area contributed by atoms with Crippen molar-refractivity contribution < 1.29 is 64.6 Å². The van der Waals surface area contributed by atoms with Crippen LogP contribution in [0.25, 0.3) is 0 Å². The van der Waals surface area contributed by atoms with Crippen LogP contribution in [0.1, 0.15) is 322 Å². The lowest BCUT2D eigenvalue weighted by molar-refractivity contribution is -0.359. The van der Waals surface area contributed by atoms with Gasteiger partial charge in [-0.05, 0) is 12.8 Å². The number of aliphatic hydroxyl groups is 8. The van der Waals surface area contributed by atoms with Crippen molar-refractivity contribution in [1.29, 1.82) is 0 Å². The minimum Gasteiger partial charge on any atom is -0.394 e. The Bertz CT molecular complexity index is 1350. The average Bonchev–Trinajstić information content (AvgIpc) is 3.49. The van der Waals surface area contributed by atoms with E-state index < -0.39 is 86.8 Å². The molecule has 0 bridgehead atoms. The van der Waals surface area contributed by atoms with E-state index in [0.717, 1.165) is 51.4 Å². The monoisotopic (exact) mass is 1140 g/mol. The molecule has 14 nitrogen and oxygen atoms in total. The molecule has 9 N–H and O–H groups in total. The standard InChI is InChI=1S/C66H129NO13/c1-3-5-7-9-11-13-15-17-19-21-23-24-25-26-27-28-29-30-32-34-36-38-40-42-44-46-48-50-58(71)67-54(55(70)49-47-45-43-41-39-37-35-33-31-22-20-18-16-14-12-10-8-6-4-2)53-77-65-63(76)61(74)64(57(52-69)79-65)80-66-62(75)60(73)59(72)56(51-68)78-66/h54-57,59-66,68-70,72-76H,3-53H2,1-2H3,(H,67,71). The Labute approximate surface area is 489 Å². The number of rotatable bonds is 57. The van der Waals surface area contributed by atoms with Crippen molar-refractivity contribution in [3.05, 3.63) is 0 Å². The van der Waals surface area contributed by atoms with Gasteiger partial charge in [0, 0.05) is 6.42 Å². The predicted molar refractivity (Wildman–Crippen MR) is 323 cm³/mol. The fraction of sp³-hybridized carbons (Fsp3) is 0.985. The van der Waals surface area contributed by atoms with Crippen LogP contribution in [0.3, 0.4) is 0 Å². The molecule has 0 radical (unpaired) electrons. The third-order valence-electron chi connectivity index (χ3n) is 17.3. The van der Waals surface area contributed by atoms with E-state index in [1.54, 1.807) is 0 Å². The van der Waals surface area contributed by atoms with Crippen molar-refractivity contribution in [3.63, 3.8) is 0 Å². The number of ether oxygens (including phenoxy) is 4. The summed E-state index contributed by atoms with van der Waals surface area (Å²) in [6.07, 6.45) is 44.0.